The molecule has 0 spiro atoms. The standard InChI is InChI=1S/C32H46N6O4SSi/c1-19-17-38(18-23(36-30(40)41-31(2,3)4)26(19)42-44(8,9)32(5,6)7)24-14-15-33-16-22(24)35-28(39)21-12-13-25-27(34-21)37-29(43-25)20-10-11-20/h12-16,19-20,23,26H,10-11,17-18H2,1-9H3,(H,35,39)(H,36,40)/t19-,23+,26?/m0/s1. The van der Waals surface area contributed by atoms with Crippen LogP contribution in [0.3, 0.4) is 0 Å². The molecule has 4 heterocycles. The van der Waals surface area contributed by atoms with E-state index in [4.69, 9.17) is 9.16 Å². The van der Waals surface area contributed by atoms with Gasteiger partial charge in [0.15, 0.2) is 14.0 Å². The Labute approximate surface area is 265 Å². The van der Waals surface area contributed by atoms with E-state index in [1.165, 1.54) is 12.8 Å². The highest BCUT2D eigenvalue weighted by molar-refractivity contribution is 7.18. The summed E-state index contributed by atoms with van der Waals surface area (Å²) >= 11 is 1.66. The van der Waals surface area contributed by atoms with Crippen LogP contribution in [0.2, 0.25) is 18.1 Å². The first kappa shape index (κ1) is 32.3. The Morgan fingerprint density at radius 1 is 1.05 bits per heavy atom. The number of thiazole rings is 1. The Morgan fingerprint density at radius 2 is 1.77 bits per heavy atom. The van der Waals surface area contributed by atoms with Crippen LogP contribution in [0.15, 0.2) is 30.6 Å². The Morgan fingerprint density at radius 3 is 2.43 bits per heavy atom. The van der Waals surface area contributed by atoms with Gasteiger partial charge in [-0.3, -0.25) is 9.78 Å². The molecule has 5 rings (SSSR count). The fraction of sp³-hybridized carbons (Fsp3) is 0.594. The van der Waals surface area contributed by atoms with Gasteiger partial charge in [-0.05, 0) is 69.9 Å². The van der Waals surface area contributed by atoms with E-state index >= 15 is 0 Å². The second kappa shape index (κ2) is 12.0. The molecular weight excluding hydrogens is 593 g/mol. The Hall–Kier alpha value is -3.09. The second-order valence-corrected chi connectivity index (χ2v) is 20.5. The molecule has 238 valence electrons. The number of nitrogens with one attached hydrogen (secondary N) is 2. The van der Waals surface area contributed by atoms with Crippen molar-refractivity contribution in [2.24, 2.45) is 5.92 Å². The molecule has 3 aromatic heterocycles. The first-order valence-corrected chi connectivity index (χ1v) is 19.2. The molecule has 2 aliphatic rings. The minimum Gasteiger partial charge on any atom is -0.444 e. The minimum atomic E-state index is -2.16. The highest BCUT2D eigenvalue weighted by Gasteiger charge is 2.45. The van der Waals surface area contributed by atoms with Gasteiger partial charge in [0.25, 0.3) is 5.91 Å². The molecule has 2 fully saturated rings. The van der Waals surface area contributed by atoms with Crippen LogP contribution in [0.25, 0.3) is 10.3 Å². The molecule has 0 bridgehead atoms. The maximum Gasteiger partial charge on any atom is 0.408 e. The topological polar surface area (TPSA) is 119 Å². The van der Waals surface area contributed by atoms with Crippen molar-refractivity contribution in [2.75, 3.05) is 23.3 Å². The zero-order valence-corrected chi connectivity index (χ0v) is 29.2. The van der Waals surface area contributed by atoms with Crippen molar-refractivity contribution in [3.05, 3.63) is 41.3 Å². The summed E-state index contributed by atoms with van der Waals surface area (Å²) in [5.41, 5.74) is 1.68. The summed E-state index contributed by atoms with van der Waals surface area (Å²) in [7, 11) is -2.16. The van der Waals surface area contributed by atoms with E-state index in [1.807, 2.05) is 32.9 Å². The van der Waals surface area contributed by atoms with Crippen molar-refractivity contribution in [3.63, 3.8) is 0 Å². The van der Waals surface area contributed by atoms with Gasteiger partial charge in [0.1, 0.15) is 11.3 Å². The molecule has 2 N–H and O–H groups in total. The number of alkyl carbamates (subject to hydrolysis) is 1. The zero-order chi connectivity index (χ0) is 32.0. The first-order chi connectivity index (χ1) is 20.5. The lowest BCUT2D eigenvalue weighted by molar-refractivity contribution is 0.0336. The monoisotopic (exact) mass is 638 g/mol. The predicted molar refractivity (Wildman–Crippen MR) is 178 cm³/mol. The number of anilines is 2. The third-order valence-electron chi connectivity index (χ3n) is 8.64. The number of nitrogens with zero attached hydrogens (tertiary/aromatic N) is 4. The molecule has 0 aromatic carbocycles. The maximum atomic E-state index is 13.4. The third kappa shape index (κ3) is 7.40. The maximum absolute atomic E-state index is 13.4. The zero-order valence-electron chi connectivity index (χ0n) is 27.4. The van der Waals surface area contributed by atoms with Gasteiger partial charge in [-0.1, -0.05) is 27.7 Å². The van der Waals surface area contributed by atoms with E-state index in [0.717, 1.165) is 15.4 Å². The summed E-state index contributed by atoms with van der Waals surface area (Å²) in [5.74, 6) is 0.288. The molecule has 44 heavy (non-hydrogen) atoms. The van der Waals surface area contributed by atoms with Crippen LogP contribution in [-0.2, 0) is 9.16 Å². The SMILES string of the molecule is C[C@H]1CN(c2ccncc2NC(=O)c2ccc3sc(C4CC4)nc3n2)C[C@@H](NC(=O)OC(C)(C)C)C1O[Si](C)(C)C(C)(C)C. The molecule has 1 saturated heterocycles. The molecule has 3 atom stereocenters. The number of hydrogen-bond donors (Lipinski definition) is 2. The van der Waals surface area contributed by atoms with Crippen LogP contribution >= 0.6 is 11.3 Å². The first-order valence-electron chi connectivity index (χ1n) is 15.5. The number of amides is 2. The number of fused-ring (bicyclic) bond motifs is 1. The lowest BCUT2D eigenvalue weighted by Crippen LogP contribution is -2.63. The predicted octanol–water partition coefficient (Wildman–Crippen LogP) is 6.96. The van der Waals surface area contributed by atoms with Gasteiger partial charge in [0, 0.05) is 31.1 Å². The minimum absolute atomic E-state index is 0.0118. The van der Waals surface area contributed by atoms with Crippen LogP contribution in [0.5, 0.6) is 0 Å². The Balaban J connectivity index is 1.38. The van der Waals surface area contributed by atoms with E-state index in [9.17, 15) is 9.59 Å². The summed E-state index contributed by atoms with van der Waals surface area (Å²) in [6.07, 6.45) is 5.03. The van der Waals surface area contributed by atoms with Crippen LogP contribution < -0.4 is 15.5 Å². The average molecular weight is 639 g/mol. The van der Waals surface area contributed by atoms with Gasteiger partial charge in [0.2, 0.25) is 0 Å². The molecule has 2 amide bonds. The fourth-order valence-corrected chi connectivity index (χ4v) is 7.68. The normalized spacial score (nSPS) is 21.3. The van der Waals surface area contributed by atoms with Gasteiger partial charge < -0.3 is 24.7 Å². The van der Waals surface area contributed by atoms with Crippen molar-refractivity contribution in [1.82, 2.24) is 20.3 Å². The van der Waals surface area contributed by atoms with Crippen molar-refractivity contribution >= 4 is 53.4 Å². The number of rotatable bonds is 7. The van der Waals surface area contributed by atoms with Gasteiger partial charge in [-0.15, -0.1) is 11.3 Å². The lowest BCUT2D eigenvalue weighted by atomic mass is 9.92. The molecule has 10 nitrogen and oxygen atoms in total. The molecule has 3 aromatic rings. The third-order valence-corrected chi connectivity index (χ3v) is 14.3. The van der Waals surface area contributed by atoms with Gasteiger partial charge in [0.05, 0.1) is 39.4 Å². The molecular formula is C32H46N6O4SSi. The molecule has 1 unspecified atom stereocenters. The molecule has 12 heteroatoms. The second-order valence-electron chi connectivity index (χ2n) is 14.7. The fourth-order valence-electron chi connectivity index (χ4n) is 5.17. The molecule has 0 radical (unpaired) electrons. The largest absolute Gasteiger partial charge is 0.444 e. The van der Waals surface area contributed by atoms with E-state index in [1.54, 1.807) is 29.8 Å². The quantitative estimate of drug-likeness (QED) is 0.267. The summed E-state index contributed by atoms with van der Waals surface area (Å²) in [5, 5.41) is 7.27. The van der Waals surface area contributed by atoms with E-state index in [2.05, 4.69) is 71.3 Å². The number of aromatic nitrogens is 3. The van der Waals surface area contributed by atoms with Crippen LogP contribution in [-0.4, -0.2) is 66.1 Å². The highest BCUT2D eigenvalue weighted by atomic mass is 32.1. The van der Waals surface area contributed by atoms with Crippen LogP contribution in [0, 0.1) is 5.92 Å². The summed E-state index contributed by atoms with van der Waals surface area (Å²) in [6, 6.07) is 5.22. The van der Waals surface area contributed by atoms with Crippen LogP contribution in [0.1, 0.15) is 82.7 Å². The molecule has 1 saturated carbocycles. The van der Waals surface area contributed by atoms with Crippen molar-refractivity contribution in [1.29, 1.82) is 0 Å². The van der Waals surface area contributed by atoms with E-state index in [0.29, 0.717) is 36.0 Å². The highest BCUT2D eigenvalue weighted by Crippen LogP contribution is 2.43. The Kier molecular flexibility index (Phi) is 8.82. The number of carbonyl (C=O) groups is 2. The molecule has 1 aliphatic carbocycles. The number of hydrogen-bond acceptors (Lipinski definition) is 9. The lowest BCUT2D eigenvalue weighted by Gasteiger charge is -2.48. The number of piperidine rings is 1. The van der Waals surface area contributed by atoms with Gasteiger partial charge >= 0.3 is 6.09 Å². The molecule has 1 aliphatic heterocycles. The van der Waals surface area contributed by atoms with E-state index in [-0.39, 0.29) is 29.0 Å². The number of carbonyl (C=O) groups excluding carboxylic acids is 2. The summed E-state index contributed by atoms with van der Waals surface area (Å²) in [4.78, 5) is 42.2. The number of pyridine rings is 2. The Bertz CT molecular complexity index is 1530. The van der Waals surface area contributed by atoms with E-state index < -0.39 is 20.0 Å². The smallest absolute Gasteiger partial charge is 0.408 e. The van der Waals surface area contributed by atoms with Crippen LogP contribution in [0.4, 0.5) is 16.2 Å². The van der Waals surface area contributed by atoms with Gasteiger partial charge in [-0.25, -0.2) is 14.8 Å². The van der Waals surface area contributed by atoms with Crippen molar-refractivity contribution in [3.8, 4) is 0 Å². The van der Waals surface area contributed by atoms with Crippen molar-refractivity contribution < 1.29 is 18.8 Å². The van der Waals surface area contributed by atoms with Crippen molar-refractivity contribution in [2.45, 2.75) is 103 Å². The summed E-state index contributed by atoms with van der Waals surface area (Å²) in [6.45, 7) is 20.0. The van der Waals surface area contributed by atoms with Gasteiger partial charge in [-0.2, -0.15) is 0 Å². The summed E-state index contributed by atoms with van der Waals surface area (Å²) < 4.78 is 13.6. The average Bonchev–Trinajstić information content (AvgIpc) is 3.67. The number of ether oxygens (including phenoxy) is 1.